The standard InChI is InChI=1S/C5H9NO3/c1-5(4(6)7)8-2-3-9-5/h2-3H2,1H3,(H2,6,7). The summed E-state index contributed by atoms with van der Waals surface area (Å²) in [6.45, 7) is 2.40. The number of carbonyl (C=O) groups is 1. The van der Waals surface area contributed by atoms with Crippen LogP contribution in [-0.4, -0.2) is 24.9 Å². The molecule has 9 heavy (non-hydrogen) atoms. The third kappa shape index (κ3) is 1.04. The second-order valence-corrected chi connectivity index (χ2v) is 2.01. The normalized spacial score (nSPS) is 24.1. The van der Waals surface area contributed by atoms with Gasteiger partial charge in [-0.25, -0.2) is 0 Å². The fourth-order valence-corrected chi connectivity index (χ4v) is 0.657. The first kappa shape index (κ1) is 6.51. The third-order valence-electron chi connectivity index (χ3n) is 1.29. The summed E-state index contributed by atoms with van der Waals surface area (Å²) in [4.78, 5) is 10.5. The molecule has 0 spiro atoms. The Morgan fingerprint density at radius 2 is 2.00 bits per heavy atom. The first-order valence-electron chi connectivity index (χ1n) is 2.73. The van der Waals surface area contributed by atoms with Gasteiger partial charge in [-0.2, -0.15) is 0 Å². The first-order chi connectivity index (χ1) is 4.15. The third-order valence-corrected chi connectivity index (χ3v) is 1.29. The minimum Gasteiger partial charge on any atom is -0.365 e. The number of carbonyl (C=O) groups excluding carboxylic acids is 1. The number of amides is 1. The molecule has 1 saturated heterocycles. The van der Waals surface area contributed by atoms with Gasteiger partial charge in [-0.1, -0.05) is 0 Å². The number of hydrogen-bond acceptors (Lipinski definition) is 3. The van der Waals surface area contributed by atoms with Gasteiger partial charge in [0.2, 0.25) is 5.79 Å². The fraction of sp³-hybridized carbons (Fsp3) is 0.800. The van der Waals surface area contributed by atoms with Crippen LogP contribution < -0.4 is 5.73 Å². The summed E-state index contributed by atoms with van der Waals surface area (Å²) in [5, 5.41) is 0. The van der Waals surface area contributed by atoms with Crippen molar-refractivity contribution in [2.45, 2.75) is 12.7 Å². The molecule has 0 aromatic rings. The minimum absolute atomic E-state index is 0.444. The van der Waals surface area contributed by atoms with Crippen molar-refractivity contribution in [1.29, 1.82) is 0 Å². The highest BCUT2D eigenvalue weighted by atomic mass is 16.7. The quantitative estimate of drug-likeness (QED) is 0.508. The molecule has 0 saturated carbocycles. The number of ether oxygens (including phenoxy) is 2. The van der Waals surface area contributed by atoms with Crippen molar-refractivity contribution in [3.63, 3.8) is 0 Å². The van der Waals surface area contributed by atoms with Crippen LogP contribution in [0.5, 0.6) is 0 Å². The molecular weight excluding hydrogens is 122 g/mol. The maximum absolute atomic E-state index is 10.5. The topological polar surface area (TPSA) is 61.6 Å². The van der Waals surface area contributed by atoms with Gasteiger partial charge in [-0.15, -0.1) is 0 Å². The van der Waals surface area contributed by atoms with Crippen molar-refractivity contribution in [3.8, 4) is 0 Å². The van der Waals surface area contributed by atoms with E-state index in [4.69, 9.17) is 15.2 Å². The average molecular weight is 131 g/mol. The van der Waals surface area contributed by atoms with Gasteiger partial charge in [0.1, 0.15) is 0 Å². The van der Waals surface area contributed by atoms with Crippen LogP contribution in [0.15, 0.2) is 0 Å². The van der Waals surface area contributed by atoms with Crippen LogP contribution in [0.2, 0.25) is 0 Å². The lowest BCUT2D eigenvalue weighted by Crippen LogP contribution is -2.41. The Balaban J connectivity index is 2.61. The highest BCUT2D eigenvalue weighted by Crippen LogP contribution is 2.16. The van der Waals surface area contributed by atoms with E-state index in [0.717, 1.165) is 0 Å². The van der Waals surface area contributed by atoms with Gasteiger partial charge in [0, 0.05) is 0 Å². The van der Waals surface area contributed by atoms with Crippen molar-refractivity contribution in [2.24, 2.45) is 5.73 Å². The summed E-state index contributed by atoms with van der Waals surface area (Å²) in [7, 11) is 0. The second kappa shape index (κ2) is 1.97. The molecule has 1 fully saturated rings. The summed E-state index contributed by atoms with van der Waals surface area (Å²) < 4.78 is 9.81. The maximum Gasteiger partial charge on any atom is 0.277 e. The largest absolute Gasteiger partial charge is 0.365 e. The monoisotopic (exact) mass is 131 g/mol. The molecule has 1 heterocycles. The van der Waals surface area contributed by atoms with Crippen LogP contribution >= 0.6 is 0 Å². The number of hydrogen-bond donors (Lipinski definition) is 1. The molecule has 1 aliphatic heterocycles. The highest BCUT2D eigenvalue weighted by molar-refractivity contribution is 5.81. The molecule has 4 nitrogen and oxygen atoms in total. The number of rotatable bonds is 1. The number of primary amides is 1. The zero-order chi connectivity index (χ0) is 6.91. The Labute approximate surface area is 52.9 Å². The van der Waals surface area contributed by atoms with E-state index < -0.39 is 11.7 Å². The Morgan fingerprint density at radius 1 is 1.56 bits per heavy atom. The van der Waals surface area contributed by atoms with Crippen LogP contribution in [0.1, 0.15) is 6.92 Å². The summed E-state index contributed by atoms with van der Waals surface area (Å²) in [5.41, 5.74) is 4.94. The second-order valence-electron chi connectivity index (χ2n) is 2.01. The van der Waals surface area contributed by atoms with Crippen LogP contribution in [0.4, 0.5) is 0 Å². The predicted molar refractivity (Wildman–Crippen MR) is 29.5 cm³/mol. The van der Waals surface area contributed by atoms with Gasteiger partial charge in [0.05, 0.1) is 13.2 Å². The van der Waals surface area contributed by atoms with E-state index >= 15 is 0 Å². The minimum atomic E-state index is -1.17. The molecule has 1 rings (SSSR count). The van der Waals surface area contributed by atoms with Crippen molar-refractivity contribution in [2.75, 3.05) is 13.2 Å². The molecule has 0 unspecified atom stereocenters. The lowest BCUT2D eigenvalue weighted by molar-refractivity contribution is -0.172. The zero-order valence-electron chi connectivity index (χ0n) is 5.22. The molecule has 0 aliphatic carbocycles. The highest BCUT2D eigenvalue weighted by Gasteiger charge is 2.37. The van der Waals surface area contributed by atoms with Gasteiger partial charge in [-0.05, 0) is 6.92 Å². The lowest BCUT2D eigenvalue weighted by atomic mass is 10.3. The van der Waals surface area contributed by atoms with Gasteiger partial charge in [-0.3, -0.25) is 4.79 Å². The van der Waals surface area contributed by atoms with Gasteiger partial charge in [0.15, 0.2) is 0 Å². The van der Waals surface area contributed by atoms with E-state index in [1.807, 2.05) is 0 Å². The summed E-state index contributed by atoms with van der Waals surface area (Å²) in [6.07, 6.45) is 0. The molecule has 0 aromatic heterocycles. The van der Waals surface area contributed by atoms with Crippen molar-refractivity contribution >= 4 is 5.91 Å². The Kier molecular flexibility index (Phi) is 1.42. The van der Waals surface area contributed by atoms with Crippen molar-refractivity contribution < 1.29 is 14.3 Å². The van der Waals surface area contributed by atoms with E-state index in [1.165, 1.54) is 6.92 Å². The average Bonchev–Trinajstić information content (AvgIpc) is 2.16. The van der Waals surface area contributed by atoms with Crippen molar-refractivity contribution in [3.05, 3.63) is 0 Å². The Bertz CT molecular complexity index is 128. The predicted octanol–water partition coefficient (Wildman–Crippen LogP) is -0.765. The first-order valence-corrected chi connectivity index (χ1v) is 2.73. The SMILES string of the molecule is CC1(C(N)=O)OCCO1. The van der Waals surface area contributed by atoms with Crippen LogP contribution in [0.3, 0.4) is 0 Å². The van der Waals surface area contributed by atoms with Crippen LogP contribution in [0.25, 0.3) is 0 Å². The summed E-state index contributed by atoms with van der Waals surface area (Å²) in [5.74, 6) is -1.74. The molecule has 0 bridgehead atoms. The molecule has 4 heteroatoms. The van der Waals surface area contributed by atoms with Gasteiger partial charge in [0.25, 0.3) is 5.91 Å². The van der Waals surface area contributed by atoms with Gasteiger partial charge >= 0.3 is 0 Å². The Morgan fingerprint density at radius 3 is 2.22 bits per heavy atom. The molecule has 0 atom stereocenters. The van der Waals surface area contributed by atoms with Gasteiger partial charge < -0.3 is 15.2 Å². The zero-order valence-corrected chi connectivity index (χ0v) is 5.22. The fourth-order valence-electron chi connectivity index (χ4n) is 0.657. The van der Waals surface area contributed by atoms with Crippen LogP contribution in [0, 0.1) is 0 Å². The molecule has 52 valence electrons. The molecule has 1 amide bonds. The summed E-state index contributed by atoms with van der Waals surface area (Å²) in [6, 6.07) is 0. The Hall–Kier alpha value is -0.610. The molecule has 1 aliphatic rings. The van der Waals surface area contributed by atoms with E-state index in [1.54, 1.807) is 0 Å². The van der Waals surface area contributed by atoms with E-state index in [-0.39, 0.29) is 0 Å². The molecule has 2 N–H and O–H groups in total. The molecular formula is C5H9NO3. The molecule has 0 radical (unpaired) electrons. The number of nitrogens with two attached hydrogens (primary N) is 1. The molecule has 0 aromatic carbocycles. The van der Waals surface area contributed by atoms with Crippen molar-refractivity contribution in [1.82, 2.24) is 0 Å². The van der Waals surface area contributed by atoms with E-state index in [2.05, 4.69) is 0 Å². The summed E-state index contributed by atoms with van der Waals surface area (Å²) >= 11 is 0. The van der Waals surface area contributed by atoms with E-state index in [9.17, 15) is 4.79 Å². The smallest absolute Gasteiger partial charge is 0.277 e. The lowest BCUT2D eigenvalue weighted by Gasteiger charge is -2.16. The van der Waals surface area contributed by atoms with E-state index in [0.29, 0.717) is 13.2 Å². The van der Waals surface area contributed by atoms with Crippen LogP contribution in [-0.2, 0) is 14.3 Å². The maximum atomic E-state index is 10.5.